The van der Waals surface area contributed by atoms with Gasteiger partial charge in [-0.15, -0.1) is 0 Å². The number of nitrogens with zero attached hydrogens (tertiary/aromatic N) is 6. The molecule has 0 aliphatic rings. The fraction of sp³-hybridized carbons (Fsp3) is 0.0870. The molecule has 0 saturated heterocycles. The number of Topliss-reactive ketones (excluding diaryl/α,β-unsaturated/α-hetero) is 1. The predicted octanol–water partition coefficient (Wildman–Crippen LogP) is 4.31. The molecule has 5 rings (SSSR count). The fourth-order valence-electron chi connectivity index (χ4n) is 3.49. The van der Waals surface area contributed by atoms with Gasteiger partial charge >= 0.3 is 0 Å². The number of carbonyl (C=O) groups is 1. The maximum atomic E-state index is 14.6. The van der Waals surface area contributed by atoms with Crippen molar-refractivity contribution in [3.8, 4) is 28.7 Å². The van der Waals surface area contributed by atoms with E-state index in [-0.39, 0.29) is 35.5 Å². The van der Waals surface area contributed by atoms with E-state index in [1.165, 1.54) is 23.8 Å². The summed E-state index contributed by atoms with van der Waals surface area (Å²) in [6.07, 6.45) is 3.98. The van der Waals surface area contributed by atoms with Gasteiger partial charge in [-0.1, -0.05) is 23.4 Å². The lowest BCUT2D eigenvalue weighted by Crippen LogP contribution is -2.09. The number of rotatable bonds is 6. The monoisotopic (exact) mass is 446 g/mol. The molecule has 0 saturated carbocycles. The second-order valence-corrected chi connectivity index (χ2v) is 7.23. The van der Waals surface area contributed by atoms with E-state index in [1.54, 1.807) is 53.3 Å². The minimum atomic E-state index is -0.694. The van der Waals surface area contributed by atoms with Crippen molar-refractivity contribution in [2.24, 2.45) is 0 Å². The first-order chi connectivity index (χ1) is 16.0. The number of hydrogen-bond acceptors (Lipinski definition) is 6. The van der Waals surface area contributed by atoms with Crippen LogP contribution in [0.15, 0.2) is 71.7 Å². The highest BCUT2D eigenvalue weighted by atomic mass is 19.1. The summed E-state index contributed by atoms with van der Waals surface area (Å²) in [5, 5.41) is 8.48. The predicted molar refractivity (Wildman–Crippen MR) is 114 cm³/mol. The Morgan fingerprint density at radius 2 is 1.91 bits per heavy atom. The third kappa shape index (κ3) is 3.82. The number of aromatic nitrogens is 6. The first kappa shape index (κ1) is 20.4. The van der Waals surface area contributed by atoms with Crippen LogP contribution >= 0.6 is 0 Å². The molecule has 0 bridgehead atoms. The number of halogens is 2. The van der Waals surface area contributed by atoms with Gasteiger partial charge in [-0.25, -0.2) is 18.7 Å². The van der Waals surface area contributed by atoms with Gasteiger partial charge in [-0.3, -0.25) is 14.0 Å². The van der Waals surface area contributed by atoms with Crippen molar-refractivity contribution in [1.29, 1.82) is 0 Å². The third-order valence-corrected chi connectivity index (χ3v) is 5.05. The molecule has 1 aromatic carbocycles. The molecule has 4 aromatic heterocycles. The molecule has 10 heteroatoms. The first-order valence-corrected chi connectivity index (χ1v) is 9.95. The topological polar surface area (TPSA) is 91.6 Å². The van der Waals surface area contributed by atoms with Gasteiger partial charge in [0.15, 0.2) is 23.2 Å². The Labute approximate surface area is 186 Å². The minimum absolute atomic E-state index is 0.0816. The zero-order chi connectivity index (χ0) is 22.9. The summed E-state index contributed by atoms with van der Waals surface area (Å²) in [6.45, 7) is 1.51. The maximum Gasteiger partial charge on any atom is 0.184 e. The minimum Gasteiger partial charge on any atom is -0.364 e. The Kier molecular flexibility index (Phi) is 5.09. The summed E-state index contributed by atoms with van der Waals surface area (Å²) in [7, 11) is 0. The quantitative estimate of drug-likeness (QED) is 0.361. The van der Waals surface area contributed by atoms with E-state index in [0.29, 0.717) is 22.6 Å². The molecule has 4 heterocycles. The van der Waals surface area contributed by atoms with Gasteiger partial charge in [0.25, 0.3) is 0 Å². The van der Waals surface area contributed by atoms with Crippen LogP contribution in [0.4, 0.5) is 8.78 Å². The smallest absolute Gasteiger partial charge is 0.184 e. The molecule has 0 radical (unpaired) electrons. The second-order valence-electron chi connectivity index (χ2n) is 7.23. The third-order valence-electron chi connectivity index (χ3n) is 5.05. The van der Waals surface area contributed by atoms with Gasteiger partial charge in [0.2, 0.25) is 0 Å². The molecular weight excluding hydrogens is 430 g/mol. The molecule has 0 N–H and O–H groups in total. The van der Waals surface area contributed by atoms with Crippen molar-refractivity contribution in [2.45, 2.75) is 13.5 Å². The molecule has 0 atom stereocenters. The summed E-state index contributed by atoms with van der Waals surface area (Å²) in [5.74, 6) is -1.25. The Bertz CT molecular complexity index is 1460. The summed E-state index contributed by atoms with van der Waals surface area (Å²) in [4.78, 5) is 20.3. The molecule has 0 amide bonds. The van der Waals surface area contributed by atoms with Crippen LogP contribution in [0.2, 0.25) is 0 Å². The van der Waals surface area contributed by atoms with Crippen LogP contribution in [0.25, 0.3) is 28.7 Å². The molecule has 0 aliphatic carbocycles. The summed E-state index contributed by atoms with van der Waals surface area (Å²) < 4.78 is 36.7. The Morgan fingerprint density at radius 1 is 1.06 bits per heavy atom. The van der Waals surface area contributed by atoms with Gasteiger partial charge in [0, 0.05) is 24.8 Å². The lowest BCUT2D eigenvalue weighted by molar-refractivity contribution is 0.101. The lowest BCUT2D eigenvalue weighted by atomic mass is 10.2. The highest BCUT2D eigenvalue weighted by molar-refractivity contribution is 5.93. The molecule has 0 unspecified atom stereocenters. The zero-order valence-corrected chi connectivity index (χ0v) is 17.3. The van der Waals surface area contributed by atoms with Crippen LogP contribution in [0.1, 0.15) is 23.0 Å². The molecular formula is C23H16F2N6O2. The maximum absolute atomic E-state index is 14.6. The molecule has 8 nitrogen and oxygen atoms in total. The van der Waals surface area contributed by atoms with Crippen LogP contribution < -0.4 is 0 Å². The Morgan fingerprint density at radius 3 is 2.67 bits per heavy atom. The lowest BCUT2D eigenvalue weighted by Gasteiger charge is -2.08. The van der Waals surface area contributed by atoms with E-state index in [2.05, 4.69) is 20.2 Å². The van der Waals surface area contributed by atoms with Gasteiger partial charge in [0.1, 0.15) is 23.5 Å². The number of benzene rings is 1. The van der Waals surface area contributed by atoms with Crippen molar-refractivity contribution in [1.82, 2.24) is 29.5 Å². The van der Waals surface area contributed by atoms with Crippen molar-refractivity contribution < 1.29 is 18.1 Å². The summed E-state index contributed by atoms with van der Waals surface area (Å²) >= 11 is 0. The van der Waals surface area contributed by atoms with Crippen molar-refractivity contribution in [3.63, 3.8) is 0 Å². The normalized spacial score (nSPS) is 11.1. The van der Waals surface area contributed by atoms with Crippen LogP contribution in [0.3, 0.4) is 0 Å². The zero-order valence-electron chi connectivity index (χ0n) is 17.3. The van der Waals surface area contributed by atoms with Crippen molar-refractivity contribution in [2.75, 3.05) is 0 Å². The average Bonchev–Trinajstić information content (AvgIpc) is 3.56. The molecule has 33 heavy (non-hydrogen) atoms. The van der Waals surface area contributed by atoms with Crippen LogP contribution in [-0.2, 0) is 6.54 Å². The second kappa shape index (κ2) is 8.23. The van der Waals surface area contributed by atoms with Gasteiger partial charge in [0.05, 0.1) is 24.1 Å². The standard InChI is InChI=1S/C23H16F2N6O2/c1-14(32)20-7-4-9-30(20)23-17(25)12-26-22(27-23)19-11-21(18-8-10-33-29-18)31(28-19)13-15-5-2-3-6-16(15)24/h2-12H,13H2,1H3. The number of ketones is 1. The first-order valence-electron chi connectivity index (χ1n) is 9.95. The Hall–Kier alpha value is -4.47. The van der Waals surface area contributed by atoms with E-state index in [1.807, 2.05) is 0 Å². The van der Waals surface area contributed by atoms with E-state index < -0.39 is 5.82 Å². The van der Waals surface area contributed by atoms with Crippen molar-refractivity contribution >= 4 is 5.78 Å². The molecule has 0 spiro atoms. The molecule has 5 aromatic rings. The fourth-order valence-corrected chi connectivity index (χ4v) is 3.49. The van der Waals surface area contributed by atoms with Gasteiger partial charge < -0.3 is 4.52 Å². The highest BCUT2D eigenvalue weighted by Gasteiger charge is 2.20. The van der Waals surface area contributed by atoms with Crippen molar-refractivity contribution in [3.05, 3.63) is 90.1 Å². The van der Waals surface area contributed by atoms with Gasteiger partial charge in [-0.05, 0) is 24.3 Å². The SMILES string of the molecule is CC(=O)c1cccn1-c1nc(-c2cc(-c3ccon3)n(Cc3ccccc3F)n2)ncc1F. The number of hydrogen-bond donors (Lipinski definition) is 0. The average molecular weight is 446 g/mol. The van der Waals surface area contributed by atoms with Crippen LogP contribution in [0.5, 0.6) is 0 Å². The summed E-state index contributed by atoms with van der Waals surface area (Å²) in [5.41, 5.74) is 2.06. The Balaban J connectivity index is 1.61. The van der Waals surface area contributed by atoms with E-state index in [4.69, 9.17) is 4.52 Å². The molecule has 164 valence electrons. The van der Waals surface area contributed by atoms with E-state index >= 15 is 0 Å². The largest absolute Gasteiger partial charge is 0.364 e. The highest BCUT2D eigenvalue weighted by Crippen LogP contribution is 2.26. The van der Waals surface area contributed by atoms with Crippen LogP contribution in [-0.4, -0.2) is 35.3 Å². The molecule has 0 fully saturated rings. The van der Waals surface area contributed by atoms with E-state index in [9.17, 15) is 13.6 Å². The molecule has 0 aliphatic heterocycles. The van der Waals surface area contributed by atoms with E-state index in [0.717, 1.165) is 6.20 Å². The number of carbonyl (C=O) groups excluding carboxylic acids is 1. The van der Waals surface area contributed by atoms with Gasteiger partial charge in [-0.2, -0.15) is 5.10 Å². The van der Waals surface area contributed by atoms with Crippen LogP contribution in [0, 0.1) is 11.6 Å². The summed E-state index contributed by atoms with van der Waals surface area (Å²) in [6, 6.07) is 12.9.